The first-order valence-electron chi connectivity index (χ1n) is 14.5. The Hall–Kier alpha value is -2.20. The largest absolute Gasteiger partial charge is 0.507 e. The van der Waals surface area contributed by atoms with E-state index in [9.17, 15) is 29.7 Å². The number of fused-ring (bicyclic) bond motifs is 7. The van der Waals surface area contributed by atoms with Gasteiger partial charge in [0.15, 0.2) is 5.78 Å². The number of Topliss-reactive ketones (excluding diaryl/α,β-unsaturated/α-hetero) is 1. The lowest BCUT2D eigenvalue weighted by molar-refractivity contribution is -0.118. The second kappa shape index (κ2) is 11.6. The van der Waals surface area contributed by atoms with Crippen LogP contribution < -0.4 is 10.6 Å². The third-order valence-corrected chi connectivity index (χ3v) is 11.0. The van der Waals surface area contributed by atoms with Crippen LogP contribution in [0.25, 0.3) is 0 Å². The summed E-state index contributed by atoms with van der Waals surface area (Å²) in [6.07, 6.45) is 6.94. The zero-order valence-corrected chi connectivity index (χ0v) is 24.0. The molecule has 10 heteroatoms. The molecular formula is C30H41ClN2O7. The summed E-state index contributed by atoms with van der Waals surface area (Å²) < 4.78 is 5.73. The average Bonchev–Trinajstić information content (AvgIpc) is 3.55. The third kappa shape index (κ3) is 5.03. The van der Waals surface area contributed by atoms with Crippen LogP contribution in [-0.2, 0) is 19.1 Å². The van der Waals surface area contributed by atoms with Crippen molar-refractivity contribution in [3.05, 3.63) is 35.6 Å². The van der Waals surface area contributed by atoms with E-state index >= 15 is 0 Å². The minimum absolute atomic E-state index is 0.0213. The van der Waals surface area contributed by atoms with Crippen LogP contribution in [0, 0.1) is 47.3 Å². The summed E-state index contributed by atoms with van der Waals surface area (Å²) in [5.41, 5.74) is -0.370. The van der Waals surface area contributed by atoms with E-state index in [0.29, 0.717) is 18.3 Å². The van der Waals surface area contributed by atoms with Crippen molar-refractivity contribution in [3.63, 3.8) is 0 Å². The molecule has 1 saturated heterocycles. The summed E-state index contributed by atoms with van der Waals surface area (Å²) in [5.74, 6) is -1.12. The lowest BCUT2D eigenvalue weighted by atomic mass is 9.63. The van der Waals surface area contributed by atoms with E-state index in [1.165, 1.54) is 12.2 Å². The highest BCUT2D eigenvalue weighted by Crippen LogP contribution is 2.62. The van der Waals surface area contributed by atoms with Crippen molar-refractivity contribution >= 4 is 29.2 Å². The van der Waals surface area contributed by atoms with Crippen LogP contribution in [0.4, 0.5) is 0 Å². The fourth-order valence-electron chi connectivity index (χ4n) is 8.72. The van der Waals surface area contributed by atoms with E-state index in [1.54, 1.807) is 7.11 Å². The Morgan fingerprint density at radius 3 is 2.52 bits per heavy atom. The van der Waals surface area contributed by atoms with Gasteiger partial charge in [0.2, 0.25) is 5.91 Å². The van der Waals surface area contributed by atoms with Crippen LogP contribution in [0.3, 0.4) is 0 Å². The monoisotopic (exact) mass is 576 g/mol. The van der Waals surface area contributed by atoms with Crippen molar-refractivity contribution in [1.82, 2.24) is 10.6 Å². The van der Waals surface area contributed by atoms with Gasteiger partial charge >= 0.3 is 0 Å². The molecule has 0 spiro atoms. The Morgan fingerprint density at radius 1 is 1.07 bits per heavy atom. The summed E-state index contributed by atoms with van der Waals surface area (Å²) in [5, 5.41) is 37.6. The van der Waals surface area contributed by atoms with Gasteiger partial charge < -0.3 is 30.7 Å². The molecule has 220 valence electrons. The van der Waals surface area contributed by atoms with Gasteiger partial charge in [-0.15, -0.1) is 11.6 Å². The Balaban J connectivity index is 1.50. The summed E-state index contributed by atoms with van der Waals surface area (Å²) >= 11 is 7.06. The van der Waals surface area contributed by atoms with E-state index < -0.39 is 41.1 Å². The zero-order valence-electron chi connectivity index (χ0n) is 23.2. The maximum absolute atomic E-state index is 12.9. The molecule has 0 aromatic carbocycles. The molecule has 0 aromatic rings. The van der Waals surface area contributed by atoms with Gasteiger partial charge in [-0.3, -0.25) is 14.4 Å². The molecule has 2 heterocycles. The predicted molar refractivity (Wildman–Crippen MR) is 148 cm³/mol. The second-order valence-corrected chi connectivity index (χ2v) is 12.9. The average molecular weight is 577 g/mol. The Morgan fingerprint density at radius 2 is 1.80 bits per heavy atom. The third-order valence-electron chi connectivity index (χ3n) is 10.5. The molecule has 3 saturated carbocycles. The quantitative estimate of drug-likeness (QED) is 0.250. The smallest absolute Gasteiger partial charge is 0.259 e. The molecule has 4 fully saturated rings. The van der Waals surface area contributed by atoms with Crippen molar-refractivity contribution in [3.8, 4) is 0 Å². The van der Waals surface area contributed by atoms with Crippen LogP contribution in [0.1, 0.15) is 39.5 Å². The number of ether oxygens (including phenoxy) is 1. The Kier molecular flexibility index (Phi) is 8.49. The number of nitrogens with one attached hydrogen (secondary N) is 2. The number of hydrogen-bond donors (Lipinski definition) is 5. The zero-order chi connectivity index (χ0) is 28.9. The number of alkyl halides is 1. The molecule has 5 rings (SSSR count). The summed E-state index contributed by atoms with van der Waals surface area (Å²) in [6.45, 7) is 4.42. The molecule has 0 radical (unpaired) electrons. The second-order valence-electron chi connectivity index (χ2n) is 12.4. The molecule has 2 aliphatic heterocycles. The molecule has 0 aromatic heterocycles. The van der Waals surface area contributed by atoms with Crippen molar-refractivity contribution in [2.75, 3.05) is 13.7 Å². The Bertz CT molecular complexity index is 1120. The molecule has 9 nitrogen and oxygen atoms in total. The van der Waals surface area contributed by atoms with Crippen LogP contribution in [0.5, 0.6) is 0 Å². The van der Waals surface area contributed by atoms with Gasteiger partial charge in [0.05, 0.1) is 23.7 Å². The number of carbonyl (C=O) groups excluding carboxylic acids is 3. The maximum Gasteiger partial charge on any atom is 0.259 e. The summed E-state index contributed by atoms with van der Waals surface area (Å²) in [6, 6.07) is -1.18. The molecule has 5 N–H and O–H groups in total. The number of ketones is 1. The predicted octanol–water partition coefficient (Wildman–Crippen LogP) is 2.02. The number of allylic oxidation sites excluding steroid dienone is 3. The molecule has 2 bridgehead atoms. The molecular weight excluding hydrogens is 536 g/mol. The van der Waals surface area contributed by atoms with E-state index in [1.807, 2.05) is 12.2 Å². The summed E-state index contributed by atoms with van der Waals surface area (Å²) in [4.78, 5) is 37.9. The van der Waals surface area contributed by atoms with E-state index in [0.717, 1.165) is 12.8 Å². The minimum atomic E-state index is -1.21. The van der Waals surface area contributed by atoms with E-state index in [2.05, 4.69) is 24.5 Å². The van der Waals surface area contributed by atoms with Crippen molar-refractivity contribution in [2.45, 2.75) is 69.3 Å². The van der Waals surface area contributed by atoms with Crippen molar-refractivity contribution < 1.29 is 34.4 Å². The first-order valence-corrected chi connectivity index (χ1v) is 14.9. The lowest BCUT2D eigenvalue weighted by Crippen LogP contribution is -2.51. The van der Waals surface area contributed by atoms with E-state index in [4.69, 9.17) is 16.3 Å². The number of aliphatic hydroxyl groups excluding tert-OH is 3. The van der Waals surface area contributed by atoms with Crippen molar-refractivity contribution in [1.29, 1.82) is 0 Å². The van der Waals surface area contributed by atoms with Gasteiger partial charge in [0, 0.05) is 13.7 Å². The number of methoxy groups -OCH3 is 1. The van der Waals surface area contributed by atoms with Gasteiger partial charge in [0.1, 0.15) is 17.4 Å². The fourth-order valence-corrected chi connectivity index (χ4v) is 9.24. The van der Waals surface area contributed by atoms with Gasteiger partial charge in [-0.1, -0.05) is 19.1 Å². The highest BCUT2D eigenvalue weighted by Gasteiger charge is 2.61. The van der Waals surface area contributed by atoms with Crippen molar-refractivity contribution in [2.24, 2.45) is 47.3 Å². The molecule has 5 aliphatic rings. The lowest BCUT2D eigenvalue weighted by Gasteiger charge is -2.47. The number of carbonyl (C=O) groups is 3. The van der Waals surface area contributed by atoms with Crippen LogP contribution in [0.2, 0.25) is 0 Å². The number of rotatable bonds is 2. The normalized spacial score (nSPS) is 44.6. The van der Waals surface area contributed by atoms with Gasteiger partial charge in [-0.2, -0.15) is 0 Å². The SMILES string of the molecule is COC(C)[C@H]1[C@@H]2[C@H](Cl)[C@H](O)C3C(C[C@H]4C=CC(O)=C5C(=O)N[C@H](C5=O)[C@@H](O)CCNC(=O)C=CC[C@H]34)[C@H]2C[C@H]1C. The Labute approximate surface area is 240 Å². The fraction of sp³-hybridized carbons (Fsp3) is 0.700. The minimum Gasteiger partial charge on any atom is -0.507 e. The van der Waals surface area contributed by atoms with E-state index in [-0.39, 0.29) is 66.1 Å². The molecule has 40 heavy (non-hydrogen) atoms. The van der Waals surface area contributed by atoms with Crippen LogP contribution in [0.15, 0.2) is 35.6 Å². The molecule has 3 unspecified atom stereocenters. The number of hydrogen-bond acceptors (Lipinski definition) is 7. The first kappa shape index (κ1) is 29.3. The van der Waals surface area contributed by atoms with Crippen LogP contribution >= 0.6 is 11.6 Å². The highest BCUT2D eigenvalue weighted by atomic mass is 35.5. The number of halogens is 1. The van der Waals surface area contributed by atoms with Crippen LogP contribution in [-0.4, -0.2) is 76.3 Å². The van der Waals surface area contributed by atoms with Gasteiger partial charge in [-0.25, -0.2) is 0 Å². The maximum atomic E-state index is 12.9. The molecule has 3 aliphatic carbocycles. The van der Waals surface area contributed by atoms with Gasteiger partial charge in [0.25, 0.3) is 5.91 Å². The summed E-state index contributed by atoms with van der Waals surface area (Å²) in [7, 11) is 1.71. The number of aliphatic hydroxyl groups is 3. The highest BCUT2D eigenvalue weighted by molar-refractivity contribution is 6.27. The standard InChI is InChI=1S/C30H41ClN2O7/c1-13-11-17-18-12-15-7-8-19(34)25-29(38)27(33-30(25)39)20(35)9-10-32-21(36)6-4-5-16(15)23(18)28(37)26(31)24(17)22(13)14(2)40-3/h4,6-8,13-18,20,22-24,26-28,34-35,37H,5,9-12H2,1-3H3,(H,32,36)(H,33,39)/t13-,14?,15-,16+,17-,18?,20+,22+,23?,24-,26+,27+,28-/m1/s1. The first-order chi connectivity index (χ1) is 19.0. The molecule has 13 atom stereocenters. The number of amides is 2. The molecule has 2 amide bonds. The topological polar surface area (TPSA) is 145 Å². The van der Waals surface area contributed by atoms with Gasteiger partial charge in [-0.05, 0) is 92.1 Å².